The third-order valence-corrected chi connectivity index (χ3v) is 3.66. The Labute approximate surface area is 68.1 Å². The lowest BCUT2D eigenvalue weighted by Gasteiger charge is -1.90. The Kier molecular flexibility index (Phi) is 3.45. The van der Waals surface area contributed by atoms with E-state index in [1.807, 2.05) is 4.91 Å². The number of nitrogens with zero attached hydrogens (tertiary/aromatic N) is 5. The maximum absolute atomic E-state index is 10.6. The second-order valence-corrected chi connectivity index (χ2v) is 5.50. The van der Waals surface area contributed by atoms with Gasteiger partial charge in [0.05, 0.1) is 0 Å². The van der Waals surface area contributed by atoms with Crippen molar-refractivity contribution >= 4 is 18.6 Å². The summed E-state index contributed by atoms with van der Waals surface area (Å²) in [6.07, 6.45) is 0. The molecule has 66 valence electrons. The minimum Gasteiger partial charge on any atom is -0.294 e. The van der Waals surface area contributed by atoms with Gasteiger partial charge >= 0.3 is 9.83 Å². The molecule has 0 aliphatic heterocycles. The molecule has 0 aliphatic carbocycles. The van der Waals surface area contributed by atoms with Crippen LogP contribution in [0, 0.1) is 20.8 Å². The quantitative estimate of drug-likeness (QED) is 0.172. The summed E-state index contributed by atoms with van der Waals surface area (Å²) in [5.74, 6) is 0. The van der Waals surface area contributed by atoms with Crippen LogP contribution in [0.4, 0.5) is 0 Å². The summed E-state index contributed by atoms with van der Waals surface area (Å²) in [6, 6.07) is 0. The highest BCUT2D eigenvalue weighted by Gasteiger charge is 2.19. The Bertz CT molecular complexity index is 400. The van der Waals surface area contributed by atoms with E-state index in [0.29, 0.717) is 0 Å². The molecule has 1 N–H and O–H groups in total. The number of azide groups is 1. The molecule has 0 bridgehead atoms. The fourth-order valence-electron chi connectivity index (χ4n) is 0.222. The predicted octanol–water partition coefficient (Wildman–Crippen LogP) is 0.175. The van der Waals surface area contributed by atoms with Gasteiger partial charge in [-0.25, -0.2) is 4.21 Å². The Balaban J connectivity index is 5.77. The van der Waals surface area contributed by atoms with Gasteiger partial charge in [0.15, 0.2) is 5.40 Å². The van der Waals surface area contributed by atoms with Crippen LogP contribution in [0.1, 0.15) is 0 Å². The van der Waals surface area contributed by atoms with E-state index < -0.39 is 22.9 Å². The van der Waals surface area contributed by atoms with Gasteiger partial charge in [0.25, 0.3) is 8.77 Å². The molecule has 11 heteroatoms. The summed E-state index contributed by atoms with van der Waals surface area (Å²) in [4.78, 5) is 11.9. The van der Waals surface area contributed by atoms with Crippen LogP contribution in [0.5, 0.6) is 0 Å². The van der Waals surface area contributed by atoms with Crippen molar-refractivity contribution < 1.29 is 13.1 Å². The third kappa shape index (κ3) is 2.36. The molecule has 0 radical (unpaired) electrons. The summed E-state index contributed by atoms with van der Waals surface area (Å²) < 4.78 is 20.3. The van der Waals surface area contributed by atoms with Crippen molar-refractivity contribution in [3.63, 3.8) is 0 Å². The van der Waals surface area contributed by atoms with Crippen molar-refractivity contribution in [3.05, 3.63) is 20.6 Å². The molecule has 0 aromatic heterocycles. The van der Waals surface area contributed by atoms with Crippen LogP contribution in [-0.2, 0) is 18.6 Å². The van der Waals surface area contributed by atoms with Crippen LogP contribution in [0.2, 0.25) is 0 Å². The SMILES string of the molecule is N#CS(=O)(O)=S(N=[N+]=[N-])[N+](=O)[O-]. The molecule has 0 fully saturated rings. The predicted molar refractivity (Wildman–Crippen MR) is 39.9 cm³/mol. The molecule has 12 heavy (non-hydrogen) atoms. The maximum Gasteiger partial charge on any atom is 0.322 e. The van der Waals surface area contributed by atoms with E-state index in [0.717, 1.165) is 5.40 Å². The third-order valence-electron chi connectivity index (χ3n) is 0.551. The standard InChI is InChI=1S/CHN5O4S2/c2-1-12(9,10)11(5-4-3)6(7)8/h(H,9,10). The fraction of sp³-hybridized carbons (Fsp3) is 0. The highest BCUT2D eigenvalue weighted by atomic mass is 32.9. The normalized spacial score (nSPS) is 16.3. The average Bonchev–Trinajstić information content (AvgIpc) is 1.99. The van der Waals surface area contributed by atoms with Crippen molar-refractivity contribution in [2.24, 2.45) is 4.52 Å². The van der Waals surface area contributed by atoms with Gasteiger partial charge in [0.1, 0.15) is 4.33 Å². The van der Waals surface area contributed by atoms with E-state index >= 15 is 0 Å². The second-order valence-electron chi connectivity index (χ2n) is 1.19. The summed E-state index contributed by atoms with van der Waals surface area (Å²) >= 11 is 0. The van der Waals surface area contributed by atoms with Gasteiger partial charge in [-0.2, -0.15) is 5.26 Å². The molecule has 0 aromatic rings. The van der Waals surface area contributed by atoms with Gasteiger partial charge in [-0.15, -0.1) is 0 Å². The Morgan fingerprint density at radius 2 is 2.42 bits per heavy atom. The molecule has 0 amide bonds. The largest absolute Gasteiger partial charge is 0.322 e. The maximum atomic E-state index is 10.6. The van der Waals surface area contributed by atoms with Gasteiger partial charge in [0, 0.05) is 9.43 Å². The van der Waals surface area contributed by atoms with Gasteiger partial charge in [0.2, 0.25) is 0 Å². The lowest BCUT2D eigenvalue weighted by atomic mass is 11.8. The Morgan fingerprint density at radius 1 is 1.92 bits per heavy atom. The van der Waals surface area contributed by atoms with Crippen molar-refractivity contribution in [3.8, 4) is 5.40 Å². The monoisotopic (exact) mass is 211 g/mol. The van der Waals surface area contributed by atoms with E-state index in [2.05, 4.69) is 4.52 Å². The first kappa shape index (κ1) is 10.7. The smallest absolute Gasteiger partial charge is 0.294 e. The number of hydrogen-bond acceptors (Lipinski definition) is 4. The lowest BCUT2D eigenvalue weighted by molar-refractivity contribution is -0.289. The van der Waals surface area contributed by atoms with E-state index in [-0.39, 0.29) is 0 Å². The molecule has 0 heterocycles. The van der Waals surface area contributed by atoms with E-state index in [4.69, 9.17) is 15.3 Å². The molecule has 9 nitrogen and oxygen atoms in total. The molecule has 0 rings (SSSR count). The fourth-order valence-corrected chi connectivity index (χ4v) is 1.72. The topological polar surface area (TPSA) is 153 Å². The van der Waals surface area contributed by atoms with Crippen LogP contribution >= 0.6 is 0 Å². The first-order valence-electron chi connectivity index (χ1n) is 2.07. The first-order chi connectivity index (χ1) is 5.45. The number of rotatable bonds is 2. The summed E-state index contributed by atoms with van der Waals surface area (Å²) in [6.45, 7) is 0. The first-order valence-corrected chi connectivity index (χ1v) is 5.24. The Hall–Kier alpha value is -1.34. The van der Waals surface area contributed by atoms with Crippen LogP contribution in [0.3, 0.4) is 0 Å². The van der Waals surface area contributed by atoms with E-state index in [1.165, 1.54) is 0 Å². The molecule has 0 spiro atoms. The van der Waals surface area contributed by atoms with Crippen LogP contribution in [0.15, 0.2) is 4.52 Å². The zero-order valence-electron chi connectivity index (χ0n) is 5.22. The van der Waals surface area contributed by atoms with Gasteiger partial charge in [-0.05, 0) is 5.53 Å². The van der Waals surface area contributed by atoms with Gasteiger partial charge in [-0.3, -0.25) is 14.7 Å². The van der Waals surface area contributed by atoms with Crippen molar-refractivity contribution in [1.82, 2.24) is 0 Å². The second kappa shape index (κ2) is 3.88. The molecule has 2 atom stereocenters. The highest BCUT2D eigenvalue weighted by molar-refractivity contribution is 8.43. The average molecular weight is 211 g/mol. The van der Waals surface area contributed by atoms with Gasteiger partial charge in [-0.1, -0.05) is 0 Å². The molecule has 2 unspecified atom stereocenters. The number of thiocyanates is 1. The van der Waals surface area contributed by atoms with Crippen molar-refractivity contribution in [2.75, 3.05) is 0 Å². The summed E-state index contributed by atoms with van der Waals surface area (Å²) in [5.41, 5.74) is 7.76. The zero-order chi connectivity index (χ0) is 9.78. The summed E-state index contributed by atoms with van der Waals surface area (Å²) in [7, 11) is -7.09. The molecular formula is CHN5O4S2. The van der Waals surface area contributed by atoms with Crippen LogP contribution in [0.25, 0.3) is 10.4 Å². The van der Waals surface area contributed by atoms with Crippen LogP contribution in [-0.4, -0.2) is 13.1 Å². The minimum absolute atomic E-state index is 0.797. The number of nitro groups is 1. The molecule has 0 saturated heterocycles. The highest BCUT2D eigenvalue weighted by Crippen LogP contribution is 1.99. The van der Waals surface area contributed by atoms with E-state index in [1.54, 1.807) is 0 Å². The summed E-state index contributed by atoms with van der Waals surface area (Å²) in [5, 5.41) is 18.7. The molecule has 0 aliphatic rings. The minimum atomic E-state index is -4.36. The number of hydrogen-bond donors (Lipinski definition) is 1. The molecule has 0 aromatic carbocycles. The van der Waals surface area contributed by atoms with Crippen LogP contribution < -0.4 is 0 Å². The molecular weight excluding hydrogens is 210 g/mol. The van der Waals surface area contributed by atoms with Gasteiger partial charge < -0.3 is 0 Å². The van der Waals surface area contributed by atoms with Crippen molar-refractivity contribution in [2.45, 2.75) is 0 Å². The molecule has 0 saturated carbocycles. The number of nitriles is 1. The Morgan fingerprint density at radius 3 is 2.67 bits per heavy atom. The van der Waals surface area contributed by atoms with Crippen molar-refractivity contribution in [1.29, 1.82) is 5.26 Å². The van der Waals surface area contributed by atoms with E-state index in [9.17, 15) is 14.3 Å². The zero-order valence-corrected chi connectivity index (χ0v) is 6.86. The lowest BCUT2D eigenvalue weighted by Crippen LogP contribution is -2.10.